The molecule has 1 rings (SSSR count). The van der Waals surface area contributed by atoms with Crippen LogP contribution in [0, 0.1) is 0 Å². The van der Waals surface area contributed by atoms with Crippen molar-refractivity contribution >= 4 is 45.0 Å². The molecule has 0 radical (unpaired) electrons. The van der Waals surface area contributed by atoms with Crippen LogP contribution in [0.15, 0.2) is 17.0 Å². The third-order valence-electron chi connectivity index (χ3n) is 2.83. The minimum atomic E-state index is -3.72. The Labute approximate surface area is 134 Å². The molecule has 0 aromatic heterocycles. The molecule has 1 aromatic rings. The highest BCUT2D eigenvalue weighted by molar-refractivity contribution is 8.00. The van der Waals surface area contributed by atoms with Gasteiger partial charge < -0.3 is 5.73 Å². The Morgan fingerprint density at radius 3 is 2.45 bits per heavy atom. The van der Waals surface area contributed by atoms with E-state index in [1.165, 1.54) is 6.07 Å². The molecule has 0 bridgehead atoms. The first kappa shape index (κ1) is 18.1. The quantitative estimate of drug-likeness (QED) is 0.821. The van der Waals surface area contributed by atoms with E-state index in [1.807, 2.05) is 20.1 Å². The van der Waals surface area contributed by atoms with Crippen LogP contribution in [-0.4, -0.2) is 26.0 Å². The van der Waals surface area contributed by atoms with Gasteiger partial charge in [-0.2, -0.15) is 11.8 Å². The molecule has 20 heavy (non-hydrogen) atoms. The number of sulfonamides is 1. The number of nitrogens with two attached hydrogens (primary N) is 1. The molecule has 0 saturated heterocycles. The van der Waals surface area contributed by atoms with Crippen molar-refractivity contribution in [3.05, 3.63) is 27.7 Å². The van der Waals surface area contributed by atoms with Crippen LogP contribution in [0.4, 0.5) is 0 Å². The van der Waals surface area contributed by atoms with E-state index in [0.717, 1.165) is 0 Å². The van der Waals surface area contributed by atoms with E-state index in [1.54, 1.807) is 17.8 Å². The Morgan fingerprint density at radius 2 is 1.95 bits per heavy atom. The Hall–Kier alpha value is 0.0200. The van der Waals surface area contributed by atoms with Crippen LogP contribution in [0.3, 0.4) is 0 Å². The van der Waals surface area contributed by atoms with E-state index in [9.17, 15) is 8.42 Å². The summed E-state index contributed by atoms with van der Waals surface area (Å²) in [6.07, 6.45) is 1.92. The number of halogens is 2. The van der Waals surface area contributed by atoms with Gasteiger partial charge in [-0.25, -0.2) is 13.1 Å². The van der Waals surface area contributed by atoms with Crippen LogP contribution in [0.2, 0.25) is 10.0 Å². The van der Waals surface area contributed by atoms with Gasteiger partial charge in [0.05, 0.1) is 5.02 Å². The van der Waals surface area contributed by atoms with Gasteiger partial charge in [-0.1, -0.05) is 23.2 Å². The van der Waals surface area contributed by atoms with Gasteiger partial charge >= 0.3 is 0 Å². The molecule has 0 saturated carbocycles. The molecule has 0 amide bonds. The minimum absolute atomic E-state index is 0.0379. The van der Waals surface area contributed by atoms with Gasteiger partial charge in [-0.3, -0.25) is 0 Å². The van der Waals surface area contributed by atoms with Gasteiger partial charge in [-0.15, -0.1) is 0 Å². The summed E-state index contributed by atoms with van der Waals surface area (Å²) < 4.78 is 27.0. The molecule has 0 fully saturated rings. The molecular weight excluding hydrogens is 339 g/mol. The van der Waals surface area contributed by atoms with E-state index in [-0.39, 0.29) is 27.8 Å². The molecule has 0 aliphatic heterocycles. The fraction of sp³-hybridized carbons (Fsp3) is 0.500. The number of thioether (sulfide) groups is 1. The lowest BCUT2D eigenvalue weighted by Gasteiger charge is -2.22. The number of nitrogens with one attached hydrogen (secondary N) is 1. The van der Waals surface area contributed by atoms with Crippen molar-refractivity contribution in [1.29, 1.82) is 0 Å². The van der Waals surface area contributed by atoms with Crippen molar-refractivity contribution in [2.24, 2.45) is 5.73 Å². The van der Waals surface area contributed by atoms with Crippen LogP contribution >= 0.6 is 35.0 Å². The number of benzene rings is 1. The molecule has 0 aliphatic rings. The first-order valence-electron chi connectivity index (χ1n) is 5.86. The van der Waals surface area contributed by atoms with Crippen molar-refractivity contribution in [3.8, 4) is 0 Å². The smallest absolute Gasteiger partial charge is 0.242 e. The second kappa shape index (κ2) is 6.85. The molecule has 0 atom stereocenters. The van der Waals surface area contributed by atoms with Gasteiger partial charge in [0, 0.05) is 22.9 Å². The maximum absolute atomic E-state index is 12.3. The molecule has 0 aliphatic carbocycles. The van der Waals surface area contributed by atoms with Crippen LogP contribution in [0.25, 0.3) is 0 Å². The molecule has 0 spiro atoms. The van der Waals surface area contributed by atoms with Crippen molar-refractivity contribution in [3.63, 3.8) is 0 Å². The van der Waals surface area contributed by atoms with Crippen LogP contribution < -0.4 is 10.5 Å². The summed E-state index contributed by atoms with van der Waals surface area (Å²) in [5.41, 5.74) is 6.04. The third-order valence-corrected chi connectivity index (χ3v) is 6.28. The highest BCUT2D eigenvalue weighted by Gasteiger charge is 2.24. The van der Waals surface area contributed by atoms with Crippen molar-refractivity contribution in [2.75, 3.05) is 12.8 Å². The average molecular weight is 357 g/mol. The van der Waals surface area contributed by atoms with E-state index in [2.05, 4.69) is 4.72 Å². The van der Waals surface area contributed by atoms with E-state index < -0.39 is 10.0 Å². The molecule has 4 nitrogen and oxygen atoms in total. The second-order valence-corrected chi connectivity index (χ2v) is 8.93. The summed E-state index contributed by atoms with van der Waals surface area (Å²) in [5.74, 6) is 0. The van der Waals surface area contributed by atoms with Gasteiger partial charge in [0.25, 0.3) is 0 Å². The lowest BCUT2D eigenvalue weighted by Crippen LogP contribution is -2.36. The van der Waals surface area contributed by atoms with Crippen molar-refractivity contribution < 1.29 is 8.42 Å². The topological polar surface area (TPSA) is 72.2 Å². The summed E-state index contributed by atoms with van der Waals surface area (Å²) in [7, 11) is -3.72. The summed E-state index contributed by atoms with van der Waals surface area (Å²) in [6, 6.07) is 2.90. The Kier molecular flexibility index (Phi) is 6.19. The number of rotatable bonds is 6. The fourth-order valence-corrected chi connectivity index (χ4v) is 3.84. The molecule has 114 valence electrons. The first-order valence-corrected chi connectivity index (χ1v) is 9.32. The summed E-state index contributed by atoms with van der Waals surface area (Å²) >= 11 is 13.6. The van der Waals surface area contributed by atoms with E-state index >= 15 is 0 Å². The number of hydrogen-bond acceptors (Lipinski definition) is 4. The maximum atomic E-state index is 12.3. The lowest BCUT2D eigenvalue weighted by atomic mass is 10.2. The van der Waals surface area contributed by atoms with Crippen molar-refractivity contribution in [1.82, 2.24) is 4.72 Å². The van der Waals surface area contributed by atoms with Gasteiger partial charge in [0.2, 0.25) is 10.0 Å². The molecule has 8 heteroatoms. The predicted octanol–water partition coefficient (Wildman–Crippen LogP) is 2.87. The Morgan fingerprint density at radius 1 is 1.35 bits per heavy atom. The van der Waals surface area contributed by atoms with Gasteiger partial charge in [0.1, 0.15) is 4.90 Å². The zero-order valence-corrected chi connectivity index (χ0v) is 14.7. The summed E-state index contributed by atoms with van der Waals surface area (Å²) in [5, 5.41) is 0.408. The monoisotopic (exact) mass is 356 g/mol. The Balaban J connectivity index is 3.13. The third kappa shape index (κ3) is 4.51. The summed E-state index contributed by atoms with van der Waals surface area (Å²) in [4.78, 5) is -0.0379. The fourth-order valence-electron chi connectivity index (χ4n) is 1.38. The van der Waals surface area contributed by atoms with Gasteiger partial charge in [0.15, 0.2) is 0 Å². The normalized spacial score (nSPS) is 12.7. The van der Waals surface area contributed by atoms with E-state index in [4.69, 9.17) is 28.9 Å². The maximum Gasteiger partial charge on any atom is 0.242 e. The molecule has 0 heterocycles. The standard InChI is InChI=1S/C12H18Cl2N2O2S2/c1-12(2,19-3)7-16-20(17,18)10-5-9(13)4-8(6-15)11(10)14/h4-5,16H,6-7,15H2,1-3H3. The molecule has 3 N–H and O–H groups in total. The molecule has 0 unspecified atom stereocenters. The highest BCUT2D eigenvalue weighted by Crippen LogP contribution is 2.29. The zero-order chi connectivity index (χ0) is 15.6. The van der Waals surface area contributed by atoms with Crippen LogP contribution in [0.5, 0.6) is 0 Å². The van der Waals surface area contributed by atoms with Crippen LogP contribution in [-0.2, 0) is 16.6 Å². The zero-order valence-electron chi connectivity index (χ0n) is 11.5. The first-order chi connectivity index (χ1) is 9.13. The predicted molar refractivity (Wildman–Crippen MR) is 87.1 cm³/mol. The number of hydrogen-bond donors (Lipinski definition) is 2. The average Bonchev–Trinajstić information content (AvgIpc) is 2.39. The van der Waals surface area contributed by atoms with Gasteiger partial charge in [-0.05, 0) is 37.8 Å². The lowest BCUT2D eigenvalue weighted by molar-refractivity contribution is 0.570. The Bertz CT molecular complexity index is 589. The molecular formula is C12H18Cl2N2O2S2. The SMILES string of the molecule is CSC(C)(C)CNS(=O)(=O)c1cc(Cl)cc(CN)c1Cl. The highest BCUT2D eigenvalue weighted by atomic mass is 35.5. The summed E-state index contributed by atoms with van der Waals surface area (Å²) in [6.45, 7) is 4.31. The van der Waals surface area contributed by atoms with Crippen LogP contribution in [0.1, 0.15) is 19.4 Å². The second-order valence-electron chi connectivity index (χ2n) is 4.87. The minimum Gasteiger partial charge on any atom is -0.326 e. The largest absolute Gasteiger partial charge is 0.326 e. The van der Waals surface area contributed by atoms with Crippen molar-refractivity contribution in [2.45, 2.75) is 30.0 Å². The molecule has 1 aromatic carbocycles. The van der Waals surface area contributed by atoms with E-state index in [0.29, 0.717) is 10.6 Å².